The van der Waals surface area contributed by atoms with Crippen molar-refractivity contribution in [1.29, 1.82) is 0 Å². The first-order valence-corrected chi connectivity index (χ1v) is 6.97. The summed E-state index contributed by atoms with van der Waals surface area (Å²) in [5, 5.41) is 3.11. The summed E-state index contributed by atoms with van der Waals surface area (Å²) in [7, 11) is 0. The highest BCUT2D eigenvalue weighted by Crippen LogP contribution is 2.09. The van der Waals surface area contributed by atoms with E-state index in [2.05, 4.69) is 29.1 Å². The fourth-order valence-electron chi connectivity index (χ4n) is 2.20. The topological polar surface area (TPSA) is 53.6 Å². The van der Waals surface area contributed by atoms with E-state index in [1.165, 1.54) is 45.3 Å². The van der Waals surface area contributed by atoms with E-state index in [4.69, 9.17) is 5.73 Å². The SMILES string of the molecule is CC(C)NC(N)=NCCCN1CCCCCC1.I. The first-order valence-electron chi connectivity index (χ1n) is 6.97. The number of likely N-dealkylation sites (tertiary alicyclic amines) is 1. The lowest BCUT2D eigenvalue weighted by molar-refractivity contribution is 0.283. The monoisotopic (exact) mass is 368 g/mol. The predicted octanol–water partition coefficient (Wildman–Crippen LogP) is 2.18. The minimum atomic E-state index is 0. The summed E-state index contributed by atoms with van der Waals surface area (Å²) in [4.78, 5) is 6.89. The van der Waals surface area contributed by atoms with Crippen LogP contribution in [0, 0.1) is 0 Å². The van der Waals surface area contributed by atoms with Crippen LogP contribution >= 0.6 is 24.0 Å². The fraction of sp³-hybridized carbons (Fsp3) is 0.923. The summed E-state index contributed by atoms with van der Waals surface area (Å²) in [5.41, 5.74) is 5.74. The van der Waals surface area contributed by atoms with Crippen LogP contribution in [0.3, 0.4) is 0 Å². The van der Waals surface area contributed by atoms with Crippen LogP contribution in [0.2, 0.25) is 0 Å². The van der Waals surface area contributed by atoms with Gasteiger partial charge in [0.2, 0.25) is 0 Å². The molecule has 0 unspecified atom stereocenters. The molecule has 0 radical (unpaired) electrons. The Morgan fingerprint density at radius 1 is 1.22 bits per heavy atom. The average Bonchev–Trinajstić information content (AvgIpc) is 2.52. The molecule has 0 aliphatic carbocycles. The van der Waals surface area contributed by atoms with Crippen molar-refractivity contribution in [1.82, 2.24) is 10.2 Å². The molecule has 5 heteroatoms. The zero-order valence-corrected chi connectivity index (χ0v) is 14.2. The summed E-state index contributed by atoms with van der Waals surface area (Å²) >= 11 is 0. The van der Waals surface area contributed by atoms with Gasteiger partial charge in [0.05, 0.1) is 0 Å². The van der Waals surface area contributed by atoms with Crippen LogP contribution in [-0.4, -0.2) is 43.1 Å². The molecule has 1 saturated heterocycles. The summed E-state index contributed by atoms with van der Waals surface area (Å²) in [6, 6.07) is 0.365. The molecular weight excluding hydrogens is 339 g/mol. The van der Waals surface area contributed by atoms with E-state index in [9.17, 15) is 0 Å². The number of nitrogens with one attached hydrogen (secondary N) is 1. The van der Waals surface area contributed by atoms with Crippen molar-refractivity contribution < 1.29 is 0 Å². The van der Waals surface area contributed by atoms with E-state index in [0.717, 1.165) is 13.0 Å². The molecule has 0 atom stereocenters. The first-order chi connectivity index (χ1) is 8.18. The lowest BCUT2D eigenvalue weighted by Gasteiger charge is -2.18. The third-order valence-corrected chi connectivity index (χ3v) is 3.05. The highest BCUT2D eigenvalue weighted by atomic mass is 127. The maximum Gasteiger partial charge on any atom is 0.188 e. The van der Waals surface area contributed by atoms with Gasteiger partial charge in [0.1, 0.15) is 0 Å². The van der Waals surface area contributed by atoms with Gasteiger partial charge in [-0.3, -0.25) is 4.99 Å². The molecule has 0 aromatic rings. The Morgan fingerprint density at radius 3 is 2.39 bits per heavy atom. The molecule has 1 fully saturated rings. The number of hydrogen-bond acceptors (Lipinski definition) is 2. The Hall–Kier alpha value is -0.0400. The first kappa shape index (κ1) is 18.0. The van der Waals surface area contributed by atoms with E-state index < -0.39 is 0 Å². The third kappa shape index (κ3) is 8.97. The van der Waals surface area contributed by atoms with Gasteiger partial charge >= 0.3 is 0 Å². The largest absolute Gasteiger partial charge is 0.370 e. The molecule has 0 amide bonds. The van der Waals surface area contributed by atoms with Crippen molar-refractivity contribution in [2.45, 2.75) is 52.0 Å². The van der Waals surface area contributed by atoms with Crippen molar-refractivity contribution in [3.63, 3.8) is 0 Å². The molecular formula is C13H29IN4. The zero-order chi connectivity index (χ0) is 12.5. The van der Waals surface area contributed by atoms with Crippen LogP contribution in [-0.2, 0) is 0 Å². The van der Waals surface area contributed by atoms with Gasteiger partial charge in [0.15, 0.2) is 5.96 Å². The summed E-state index contributed by atoms with van der Waals surface area (Å²) in [5.74, 6) is 0.580. The molecule has 4 nitrogen and oxygen atoms in total. The standard InChI is InChI=1S/C13H28N4.HI/c1-12(2)16-13(14)15-8-7-11-17-9-5-3-4-6-10-17;/h12H,3-11H2,1-2H3,(H3,14,15,16);1H. The van der Waals surface area contributed by atoms with Crippen LogP contribution in [0.4, 0.5) is 0 Å². The van der Waals surface area contributed by atoms with Crippen LogP contribution in [0.15, 0.2) is 4.99 Å². The van der Waals surface area contributed by atoms with Gasteiger partial charge in [0, 0.05) is 12.6 Å². The van der Waals surface area contributed by atoms with Gasteiger partial charge in [-0.15, -0.1) is 24.0 Å². The molecule has 1 heterocycles. The van der Waals surface area contributed by atoms with Crippen molar-refractivity contribution in [2.24, 2.45) is 10.7 Å². The van der Waals surface area contributed by atoms with Crippen molar-refractivity contribution in [3.8, 4) is 0 Å². The second kappa shape index (κ2) is 10.8. The highest BCUT2D eigenvalue weighted by molar-refractivity contribution is 14.0. The molecule has 1 rings (SSSR count). The Bertz CT molecular complexity index is 223. The van der Waals surface area contributed by atoms with Gasteiger partial charge in [-0.1, -0.05) is 12.8 Å². The van der Waals surface area contributed by atoms with Crippen LogP contribution in [0.1, 0.15) is 46.0 Å². The van der Waals surface area contributed by atoms with Crippen LogP contribution < -0.4 is 11.1 Å². The number of hydrogen-bond donors (Lipinski definition) is 2. The van der Waals surface area contributed by atoms with Crippen molar-refractivity contribution >= 4 is 29.9 Å². The number of rotatable bonds is 5. The fourth-order valence-corrected chi connectivity index (χ4v) is 2.20. The third-order valence-electron chi connectivity index (χ3n) is 3.05. The van der Waals surface area contributed by atoms with E-state index in [1.807, 2.05) is 0 Å². The minimum Gasteiger partial charge on any atom is -0.370 e. The van der Waals surface area contributed by atoms with Gasteiger partial charge in [-0.2, -0.15) is 0 Å². The smallest absolute Gasteiger partial charge is 0.188 e. The molecule has 0 spiro atoms. The molecule has 0 aromatic carbocycles. The molecule has 3 N–H and O–H groups in total. The van der Waals surface area contributed by atoms with Gasteiger partial charge in [-0.05, 0) is 52.7 Å². The number of halogens is 1. The minimum absolute atomic E-state index is 0. The molecule has 0 saturated carbocycles. The average molecular weight is 368 g/mol. The van der Waals surface area contributed by atoms with Gasteiger partial charge < -0.3 is 16.0 Å². The molecule has 1 aliphatic heterocycles. The Balaban J connectivity index is 0.00000289. The quantitative estimate of drug-likeness (QED) is 0.339. The zero-order valence-electron chi connectivity index (χ0n) is 11.8. The maximum absolute atomic E-state index is 5.74. The second-order valence-corrected chi connectivity index (χ2v) is 5.18. The van der Waals surface area contributed by atoms with Gasteiger partial charge in [0.25, 0.3) is 0 Å². The number of guanidine groups is 1. The molecule has 1 aliphatic rings. The van der Waals surface area contributed by atoms with Crippen molar-refractivity contribution in [3.05, 3.63) is 0 Å². The van der Waals surface area contributed by atoms with E-state index in [-0.39, 0.29) is 24.0 Å². The summed E-state index contributed by atoms with van der Waals surface area (Å²) in [6.07, 6.45) is 6.64. The lowest BCUT2D eigenvalue weighted by Crippen LogP contribution is -2.37. The summed E-state index contributed by atoms with van der Waals surface area (Å²) < 4.78 is 0. The van der Waals surface area contributed by atoms with Crippen LogP contribution in [0.5, 0.6) is 0 Å². The lowest BCUT2D eigenvalue weighted by atomic mass is 10.2. The highest BCUT2D eigenvalue weighted by Gasteiger charge is 2.07. The molecule has 0 aromatic heterocycles. The second-order valence-electron chi connectivity index (χ2n) is 5.18. The van der Waals surface area contributed by atoms with Gasteiger partial charge in [-0.25, -0.2) is 0 Å². The molecule has 0 bridgehead atoms. The molecule has 18 heavy (non-hydrogen) atoms. The Kier molecular flexibility index (Phi) is 10.8. The Morgan fingerprint density at radius 2 is 1.83 bits per heavy atom. The van der Waals surface area contributed by atoms with E-state index in [0.29, 0.717) is 12.0 Å². The Labute approximate surface area is 129 Å². The predicted molar refractivity (Wildman–Crippen MR) is 89.7 cm³/mol. The normalized spacial score (nSPS) is 18.3. The molecule has 108 valence electrons. The number of nitrogens with zero attached hydrogens (tertiary/aromatic N) is 2. The number of nitrogens with two attached hydrogens (primary N) is 1. The van der Waals surface area contributed by atoms with E-state index in [1.54, 1.807) is 0 Å². The van der Waals surface area contributed by atoms with Crippen molar-refractivity contribution in [2.75, 3.05) is 26.2 Å². The maximum atomic E-state index is 5.74. The summed E-state index contributed by atoms with van der Waals surface area (Å²) in [6.45, 7) is 8.67. The number of aliphatic imine (C=N–C) groups is 1. The van der Waals surface area contributed by atoms with E-state index >= 15 is 0 Å². The van der Waals surface area contributed by atoms with Crippen LogP contribution in [0.25, 0.3) is 0 Å².